The van der Waals surface area contributed by atoms with Crippen LogP contribution in [0.3, 0.4) is 0 Å². The van der Waals surface area contributed by atoms with Crippen molar-refractivity contribution in [2.75, 3.05) is 27.8 Å². The predicted octanol–water partition coefficient (Wildman–Crippen LogP) is 3.17. The van der Waals surface area contributed by atoms with Crippen molar-refractivity contribution in [2.24, 2.45) is 0 Å². The highest BCUT2D eigenvalue weighted by atomic mass is 16.5. The molecule has 1 heterocycles. The second-order valence-corrected chi connectivity index (χ2v) is 7.18. The van der Waals surface area contributed by atoms with Crippen LogP contribution in [0.15, 0.2) is 42.5 Å². The molecule has 0 fully saturated rings. The molecule has 2 N–H and O–H groups in total. The summed E-state index contributed by atoms with van der Waals surface area (Å²) in [5, 5.41) is 15.6. The number of methoxy groups -OCH3 is 2. The van der Waals surface area contributed by atoms with Gasteiger partial charge in [0.1, 0.15) is 0 Å². The fourth-order valence-electron chi connectivity index (χ4n) is 4.14. The molecule has 158 valence electrons. The van der Waals surface area contributed by atoms with Crippen molar-refractivity contribution in [3.05, 3.63) is 59.2 Å². The lowest BCUT2D eigenvalue weighted by molar-refractivity contribution is -0.134. The van der Waals surface area contributed by atoms with Gasteiger partial charge in [0.2, 0.25) is 0 Å². The second-order valence-electron chi connectivity index (χ2n) is 7.18. The fraction of sp³-hybridized carbons (Fsp3) is 0.304. The van der Waals surface area contributed by atoms with Crippen LogP contribution >= 0.6 is 0 Å². The summed E-state index contributed by atoms with van der Waals surface area (Å²) >= 11 is 0. The van der Waals surface area contributed by atoms with E-state index < -0.39 is 11.9 Å². The first kappa shape index (κ1) is 21.4. The van der Waals surface area contributed by atoms with Crippen molar-refractivity contribution in [1.82, 2.24) is 4.90 Å². The van der Waals surface area contributed by atoms with E-state index in [2.05, 4.69) is 42.3 Å². The van der Waals surface area contributed by atoms with Crippen molar-refractivity contribution in [1.29, 1.82) is 0 Å². The number of rotatable bonds is 4. The van der Waals surface area contributed by atoms with Gasteiger partial charge in [-0.25, -0.2) is 9.59 Å². The summed E-state index contributed by atoms with van der Waals surface area (Å²) in [7, 11) is 5.68. The molecule has 7 nitrogen and oxygen atoms in total. The van der Waals surface area contributed by atoms with Crippen LogP contribution in [0.4, 0.5) is 0 Å². The lowest BCUT2D eigenvalue weighted by Crippen LogP contribution is -2.35. The number of benzene rings is 2. The normalized spacial score (nSPS) is 16.7. The topological polar surface area (TPSA) is 96.3 Å². The molecule has 1 aliphatic heterocycles. The SMILES string of the molecule is COc1cc2c3c(c1OC)-c1ccccc1C[C@H]3N(C)CC2.O=C(O)/C=C/C(=O)O. The number of carbonyl (C=O) groups is 2. The average molecular weight is 411 g/mol. The third-order valence-electron chi connectivity index (χ3n) is 5.46. The molecule has 7 heteroatoms. The number of ether oxygens (including phenoxy) is 2. The molecule has 4 rings (SSSR count). The van der Waals surface area contributed by atoms with Crippen LogP contribution in [0.5, 0.6) is 11.5 Å². The number of carboxylic acids is 2. The van der Waals surface area contributed by atoms with Gasteiger partial charge >= 0.3 is 11.9 Å². The molecule has 0 saturated heterocycles. The van der Waals surface area contributed by atoms with E-state index >= 15 is 0 Å². The molecule has 1 aliphatic carbocycles. The first-order chi connectivity index (χ1) is 14.4. The summed E-state index contributed by atoms with van der Waals surface area (Å²) in [5.41, 5.74) is 6.76. The second kappa shape index (κ2) is 9.00. The van der Waals surface area contributed by atoms with Crippen molar-refractivity contribution >= 4 is 11.9 Å². The van der Waals surface area contributed by atoms with Crippen molar-refractivity contribution < 1.29 is 29.3 Å². The minimum Gasteiger partial charge on any atom is -0.493 e. The molecule has 0 saturated carbocycles. The van der Waals surface area contributed by atoms with Crippen molar-refractivity contribution in [3.63, 3.8) is 0 Å². The first-order valence-electron chi connectivity index (χ1n) is 9.57. The standard InChI is InChI=1S/C19H21NO2.C4H4O4/c1-20-9-8-13-11-16(21-2)19(22-3)18-14-7-5-4-6-12(14)10-15(20)17(13)18;5-3(6)1-2-4(7)8/h4-7,11,15H,8-10H2,1-3H3;1-2H,(H,5,6)(H,7,8)/b;2-1+/t15-;/m1./s1. The zero-order valence-corrected chi connectivity index (χ0v) is 17.2. The molecule has 2 aromatic rings. The molecule has 0 aromatic heterocycles. The molecule has 0 unspecified atom stereocenters. The van der Waals surface area contributed by atoms with Gasteiger partial charge in [0.25, 0.3) is 0 Å². The van der Waals surface area contributed by atoms with Crippen LogP contribution in [0.1, 0.15) is 22.7 Å². The van der Waals surface area contributed by atoms with E-state index in [1.165, 1.54) is 27.8 Å². The maximum absolute atomic E-state index is 9.55. The van der Waals surface area contributed by atoms with E-state index in [0.717, 1.165) is 30.9 Å². The van der Waals surface area contributed by atoms with Gasteiger partial charge in [0, 0.05) is 30.3 Å². The highest BCUT2D eigenvalue weighted by Crippen LogP contribution is 2.52. The lowest BCUT2D eigenvalue weighted by Gasteiger charge is -2.40. The van der Waals surface area contributed by atoms with E-state index in [1.807, 2.05) is 0 Å². The minimum atomic E-state index is -1.26. The smallest absolute Gasteiger partial charge is 0.328 e. The average Bonchev–Trinajstić information content (AvgIpc) is 2.74. The maximum Gasteiger partial charge on any atom is 0.328 e. The van der Waals surface area contributed by atoms with Gasteiger partial charge in [-0.1, -0.05) is 24.3 Å². The Balaban J connectivity index is 0.000000275. The third-order valence-corrected chi connectivity index (χ3v) is 5.46. The van der Waals surface area contributed by atoms with Crippen molar-refractivity contribution in [2.45, 2.75) is 18.9 Å². The van der Waals surface area contributed by atoms with Gasteiger partial charge in [-0.05, 0) is 48.2 Å². The molecule has 0 amide bonds. The zero-order chi connectivity index (χ0) is 21.8. The lowest BCUT2D eigenvalue weighted by atomic mass is 9.76. The van der Waals surface area contributed by atoms with Gasteiger partial charge in [-0.2, -0.15) is 0 Å². The molecule has 0 radical (unpaired) electrons. The van der Waals surface area contributed by atoms with E-state index in [-0.39, 0.29) is 0 Å². The molecular weight excluding hydrogens is 386 g/mol. The first-order valence-corrected chi connectivity index (χ1v) is 9.57. The molecule has 2 aromatic carbocycles. The Labute approximate surface area is 175 Å². The summed E-state index contributed by atoms with van der Waals surface area (Å²) in [6, 6.07) is 11.3. The van der Waals surface area contributed by atoms with E-state index in [9.17, 15) is 9.59 Å². The zero-order valence-electron chi connectivity index (χ0n) is 17.2. The van der Waals surface area contributed by atoms with E-state index in [4.69, 9.17) is 19.7 Å². The number of nitrogens with zero attached hydrogens (tertiary/aromatic N) is 1. The third kappa shape index (κ3) is 4.16. The largest absolute Gasteiger partial charge is 0.493 e. The Morgan fingerprint density at radius 1 is 1.07 bits per heavy atom. The van der Waals surface area contributed by atoms with Crippen LogP contribution in [0.25, 0.3) is 11.1 Å². The summed E-state index contributed by atoms with van der Waals surface area (Å²) in [4.78, 5) is 21.6. The van der Waals surface area contributed by atoms with Gasteiger partial charge in [-0.15, -0.1) is 0 Å². The summed E-state index contributed by atoms with van der Waals surface area (Å²) < 4.78 is 11.4. The number of likely N-dealkylation sites (N-methyl/N-ethyl adjacent to an activating group) is 1. The van der Waals surface area contributed by atoms with E-state index in [1.54, 1.807) is 14.2 Å². The highest BCUT2D eigenvalue weighted by molar-refractivity contribution is 5.89. The van der Waals surface area contributed by atoms with Crippen LogP contribution in [-0.2, 0) is 22.4 Å². The van der Waals surface area contributed by atoms with Gasteiger partial charge < -0.3 is 19.7 Å². The van der Waals surface area contributed by atoms with Gasteiger partial charge in [0.15, 0.2) is 11.5 Å². The monoisotopic (exact) mass is 411 g/mol. The summed E-state index contributed by atoms with van der Waals surface area (Å²) in [5.74, 6) is -0.801. The Morgan fingerprint density at radius 2 is 1.73 bits per heavy atom. The van der Waals surface area contributed by atoms with Crippen LogP contribution in [-0.4, -0.2) is 54.9 Å². The molecule has 0 bridgehead atoms. The Bertz CT molecular complexity index is 981. The summed E-state index contributed by atoms with van der Waals surface area (Å²) in [6.07, 6.45) is 3.25. The van der Waals surface area contributed by atoms with Crippen molar-refractivity contribution in [3.8, 4) is 22.6 Å². The van der Waals surface area contributed by atoms with E-state index in [0.29, 0.717) is 18.2 Å². The maximum atomic E-state index is 9.55. The molecule has 2 aliphatic rings. The number of hydrogen-bond acceptors (Lipinski definition) is 5. The molecule has 0 spiro atoms. The number of fused-ring (bicyclic) bond motifs is 2. The number of carboxylic acid groups (broad SMARTS) is 2. The molecule has 1 atom stereocenters. The van der Waals surface area contributed by atoms with Gasteiger partial charge in [0.05, 0.1) is 14.2 Å². The Hall–Kier alpha value is -3.32. The predicted molar refractivity (Wildman–Crippen MR) is 112 cm³/mol. The fourth-order valence-corrected chi connectivity index (χ4v) is 4.14. The van der Waals surface area contributed by atoms with Gasteiger partial charge in [-0.3, -0.25) is 4.90 Å². The number of hydrogen-bond donors (Lipinski definition) is 2. The summed E-state index contributed by atoms with van der Waals surface area (Å²) in [6.45, 7) is 1.09. The highest BCUT2D eigenvalue weighted by Gasteiger charge is 2.35. The van der Waals surface area contributed by atoms with Crippen LogP contribution < -0.4 is 9.47 Å². The minimum absolute atomic E-state index is 0.438. The van der Waals surface area contributed by atoms with Crippen LogP contribution in [0, 0.1) is 0 Å². The van der Waals surface area contributed by atoms with Crippen LogP contribution in [0.2, 0.25) is 0 Å². The Kier molecular flexibility index (Phi) is 6.42. The Morgan fingerprint density at radius 3 is 2.33 bits per heavy atom. The molecular formula is C23H25NO6. The number of aliphatic carboxylic acids is 2. The quantitative estimate of drug-likeness (QED) is 0.746. The molecule has 30 heavy (non-hydrogen) atoms.